The average Bonchev–Trinajstić information content (AvgIpc) is 2.86. The maximum absolute atomic E-state index is 9.59. The lowest BCUT2D eigenvalue weighted by atomic mass is 10.1. The van der Waals surface area contributed by atoms with Gasteiger partial charge in [0.05, 0.1) is 24.1 Å². The van der Waals surface area contributed by atoms with Crippen LogP contribution in [0, 0.1) is 13.8 Å². The lowest BCUT2D eigenvalue weighted by molar-refractivity contribution is 0.474. The second kappa shape index (κ2) is 6.08. The van der Waals surface area contributed by atoms with Gasteiger partial charge in [0.2, 0.25) is 0 Å². The van der Waals surface area contributed by atoms with E-state index in [9.17, 15) is 5.11 Å². The Hall–Kier alpha value is -2.89. The van der Waals surface area contributed by atoms with Gasteiger partial charge in [-0.2, -0.15) is 5.10 Å². The standard InChI is InChI=1S/C17H19N5O/c1-11-7-12(2)22(21-11)17-10-18-9-16(20-17)19-13(3)14-5-4-6-15(23)8-14/h4-10,13,23H,1-3H3,(H,19,20)/t13-/m1/s1. The summed E-state index contributed by atoms with van der Waals surface area (Å²) in [6.07, 6.45) is 3.36. The molecule has 118 valence electrons. The van der Waals surface area contributed by atoms with Crippen LogP contribution in [0.4, 0.5) is 5.82 Å². The second-order valence-electron chi connectivity index (χ2n) is 5.56. The predicted octanol–water partition coefficient (Wildman–Crippen LogP) is 3.16. The molecule has 2 N–H and O–H groups in total. The number of phenolic OH excluding ortho intramolecular Hbond substituents is 1. The SMILES string of the molecule is Cc1cc(C)n(-c2cncc(N[C@H](C)c3cccc(O)c3)n2)n1. The van der Waals surface area contributed by atoms with Crippen LogP contribution >= 0.6 is 0 Å². The molecule has 3 aromatic rings. The molecule has 0 aliphatic heterocycles. The highest BCUT2D eigenvalue weighted by molar-refractivity contribution is 5.40. The van der Waals surface area contributed by atoms with E-state index in [2.05, 4.69) is 20.4 Å². The Morgan fingerprint density at radius 3 is 2.70 bits per heavy atom. The van der Waals surface area contributed by atoms with Gasteiger partial charge in [0, 0.05) is 5.69 Å². The Morgan fingerprint density at radius 2 is 2.00 bits per heavy atom. The number of aromatic nitrogens is 4. The maximum atomic E-state index is 9.59. The number of rotatable bonds is 4. The van der Waals surface area contributed by atoms with Crippen LogP contribution in [-0.4, -0.2) is 24.9 Å². The maximum Gasteiger partial charge on any atom is 0.174 e. The molecule has 0 aliphatic rings. The van der Waals surface area contributed by atoms with Crippen molar-refractivity contribution in [3.05, 3.63) is 59.7 Å². The highest BCUT2D eigenvalue weighted by Gasteiger charge is 2.10. The molecule has 0 aliphatic carbocycles. The molecule has 6 nitrogen and oxygen atoms in total. The molecule has 0 amide bonds. The molecule has 0 radical (unpaired) electrons. The summed E-state index contributed by atoms with van der Waals surface area (Å²) in [5, 5.41) is 17.3. The van der Waals surface area contributed by atoms with Gasteiger partial charge in [-0.05, 0) is 44.5 Å². The van der Waals surface area contributed by atoms with Crippen molar-refractivity contribution < 1.29 is 5.11 Å². The van der Waals surface area contributed by atoms with Gasteiger partial charge in [0.1, 0.15) is 11.6 Å². The largest absolute Gasteiger partial charge is 0.508 e. The van der Waals surface area contributed by atoms with E-state index in [1.165, 1.54) is 0 Å². The van der Waals surface area contributed by atoms with Crippen molar-refractivity contribution in [1.82, 2.24) is 19.7 Å². The molecular weight excluding hydrogens is 290 g/mol. The van der Waals surface area contributed by atoms with Crippen LogP contribution in [0.15, 0.2) is 42.7 Å². The summed E-state index contributed by atoms with van der Waals surface area (Å²) in [5.74, 6) is 1.58. The Bertz CT molecular complexity index is 827. The number of benzene rings is 1. The van der Waals surface area contributed by atoms with Crippen LogP contribution in [-0.2, 0) is 0 Å². The molecule has 1 atom stereocenters. The topological polar surface area (TPSA) is 75.9 Å². The summed E-state index contributed by atoms with van der Waals surface area (Å²) in [5.41, 5.74) is 2.93. The quantitative estimate of drug-likeness (QED) is 0.774. The molecule has 6 heteroatoms. The molecule has 0 fully saturated rings. The molecule has 2 heterocycles. The van der Waals surface area contributed by atoms with Crippen molar-refractivity contribution in [2.75, 3.05) is 5.32 Å². The number of hydrogen-bond donors (Lipinski definition) is 2. The van der Waals surface area contributed by atoms with Crippen molar-refractivity contribution in [2.45, 2.75) is 26.8 Å². The third-order valence-electron chi connectivity index (χ3n) is 3.58. The average molecular weight is 309 g/mol. The molecule has 1 aromatic carbocycles. The van der Waals surface area contributed by atoms with Gasteiger partial charge in [0.25, 0.3) is 0 Å². The summed E-state index contributed by atoms with van der Waals surface area (Å²) < 4.78 is 1.77. The predicted molar refractivity (Wildman–Crippen MR) is 88.8 cm³/mol. The summed E-state index contributed by atoms with van der Waals surface area (Å²) in [6, 6.07) is 9.15. The highest BCUT2D eigenvalue weighted by Crippen LogP contribution is 2.21. The molecule has 2 aromatic heterocycles. The van der Waals surface area contributed by atoms with Crippen LogP contribution in [0.2, 0.25) is 0 Å². The fourth-order valence-corrected chi connectivity index (χ4v) is 2.49. The summed E-state index contributed by atoms with van der Waals surface area (Å²) in [6.45, 7) is 5.94. The number of phenols is 1. The van der Waals surface area contributed by atoms with Crippen molar-refractivity contribution in [3.8, 4) is 11.6 Å². The third kappa shape index (κ3) is 3.31. The number of aryl methyl sites for hydroxylation is 2. The highest BCUT2D eigenvalue weighted by atomic mass is 16.3. The monoisotopic (exact) mass is 309 g/mol. The first-order valence-electron chi connectivity index (χ1n) is 7.44. The number of nitrogens with zero attached hydrogens (tertiary/aromatic N) is 4. The lowest BCUT2D eigenvalue weighted by Crippen LogP contribution is -2.10. The third-order valence-corrected chi connectivity index (χ3v) is 3.58. The minimum atomic E-state index is -0.00731. The van der Waals surface area contributed by atoms with Crippen molar-refractivity contribution >= 4 is 5.82 Å². The van der Waals surface area contributed by atoms with Gasteiger partial charge in [-0.15, -0.1) is 0 Å². The van der Waals surface area contributed by atoms with E-state index in [1.807, 2.05) is 39.0 Å². The number of hydrogen-bond acceptors (Lipinski definition) is 5. The molecule has 0 spiro atoms. The fraction of sp³-hybridized carbons (Fsp3) is 0.235. The van der Waals surface area contributed by atoms with E-state index in [-0.39, 0.29) is 11.8 Å². The van der Waals surface area contributed by atoms with Crippen LogP contribution in [0.25, 0.3) is 5.82 Å². The zero-order valence-electron chi connectivity index (χ0n) is 13.4. The van der Waals surface area contributed by atoms with E-state index in [0.29, 0.717) is 11.6 Å². The number of nitrogens with one attached hydrogen (secondary N) is 1. The Labute approximate surface area is 134 Å². The molecule has 0 saturated heterocycles. The van der Waals surface area contributed by atoms with E-state index in [4.69, 9.17) is 0 Å². The molecule has 0 saturated carbocycles. The van der Waals surface area contributed by atoms with E-state index < -0.39 is 0 Å². The molecule has 0 unspecified atom stereocenters. The Balaban J connectivity index is 1.84. The molecule has 3 rings (SSSR count). The van der Waals surface area contributed by atoms with Gasteiger partial charge in [-0.25, -0.2) is 9.67 Å². The number of anilines is 1. The van der Waals surface area contributed by atoms with Gasteiger partial charge in [-0.3, -0.25) is 4.98 Å². The van der Waals surface area contributed by atoms with E-state index in [1.54, 1.807) is 29.2 Å². The fourth-order valence-electron chi connectivity index (χ4n) is 2.49. The first-order chi connectivity index (χ1) is 11.0. The van der Waals surface area contributed by atoms with Gasteiger partial charge < -0.3 is 10.4 Å². The van der Waals surface area contributed by atoms with E-state index >= 15 is 0 Å². The Morgan fingerprint density at radius 1 is 1.17 bits per heavy atom. The minimum absolute atomic E-state index is 0.00731. The van der Waals surface area contributed by atoms with Crippen LogP contribution < -0.4 is 5.32 Å². The number of aromatic hydroxyl groups is 1. The van der Waals surface area contributed by atoms with Crippen LogP contribution in [0.5, 0.6) is 5.75 Å². The van der Waals surface area contributed by atoms with Crippen LogP contribution in [0.1, 0.15) is 29.9 Å². The van der Waals surface area contributed by atoms with Crippen molar-refractivity contribution in [2.24, 2.45) is 0 Å². The smallest absolute Gasteiger partial charge is 0.174 e. The summed E-state index contributed by atoms with van der Waals surface area (Å²) in [4.78, 5) is 8.81. The molecular formula is C17H19N5O. The zero-order valence-corrected chi connectivity index (χ0v) is 13.4. The Kier molecular flexibility index (Phi) is 3.97. The first kappa shape index (κ1) is 15.0. The van der Waals surface area contributed by atoms with E-state index in [0.717, 1.165) is 17.0 Å². The summed E-state index contributed by atoms with van der Waals surface area (Å²) >= 11 is 0. The van der Waals surface area contributed by atoms with Gasteiger partial charge >= 0.3 is 0 Å². The first-order valence-corrected chi connectivity index (χ1v) is 7.44. The van der Waals surface area contributed by atoms with Gasteiger partial charge in [0.15, 0.2) is 5.82 Å². The second-order valence-corrected chi connectivity index (χ2v) is 5.56. The minimum Gasteiger partial charge on any atom is -0.508 e. The molecule has 0 bridgehead atoms. The lowest BCUT2D eigenvalue weighted by Gasteiger charge is -2.15. The van der Waals surface area contributed by atoms with Crippen molar-refractivity contribution in [3.63, 3.8) is 0 Å². The summed E-state index contributed by atoms with van der Waals surface area (Å²) in [7, 11) is 0. The van der Waals surface area contributed by atoms with Crippen molar-refractivity contribution in [1.29, 1.82) is 0 Å². The zero-order chi connectivity index (χ0) is 16.4. The van der Waals surface area contributed by atoms with Gasteiger partial charge in [-0.1, -0.05) is 12.1 Å². The van der Waals surface area contributed by atoms with Crippen LogP contribution in [0.3, 0.4) is 0 Å². The normalized spacial score (nSPS) is 12.1. The molecule has 23 heavy (non-hydrogen) atoms.